The summed E-state index contributed by atoms with van der Waals surface area (Å²) in [7, 11) is -1.69. The predicted octanol–water partition coefficient (Wildman–Crippen LogP) is 1.37. The highest BCUT2D eigenvalue weighted by atomic mass is 16.6. The predicted molar refractivity (Wildman–Crippen MR) is 63.8 cm³/mol. The van der Waals surface area contributed by atoms with Gasteiger partial charge in [0.1, 0.15) is 0 Å². The first-order valence-electron chi connectivity index (χ1n) is 5.22. The number of fused-ring (bicyclic) bond motifs is 1. The highest BCUT2D eigenvalue weighted by Gasteiger charge is 2.08. The third-order valence-electron chi connectivity index (χ3n) is 2.52. The molecule has 0 aliphatic rings. The van der Waals surface area contributed by atoms with Crippen LogP contribution in [0.25, 0.3) is 10.8 Å². The fourth-order valence-corrected chi connectivity index (χ4v) is 1.78. The fraction of sp³-hybridized carbons (Fsp3) is 0.167. The van der Waals surface area contributed by atoms with E-state index in [0.29, 0.717) is 13.0 Å². The zero-order valence-electron chi connectivity index (χ0n) is 8.84. The van der Waals surface area contributed by atoms with Crippen LogP contribution in [0.15, 0.2) is 42.5 Å². The second kappa shape index (κ2) is 5.12. The van der Waals surface area contributed by atoms with Crippen molar-refractivity contribution in [3.8, 4) is 0 Å². The molecule has 0 amide bonds. The van der Waals surface area contributed by atoms with E-state index in [1.807, 2.05) is 24.3 Å². The van der Waals surface area contributed by atoms with Crippen LogP contribution in [-0.2, 0) is 11.1 Å². The summed E-state index contributed by atoms with van der Waals surface area (Å²) < 4.78 is 4.71. The minimum absolute atomic E-state index is 0.297. The van der Waals surface area contributed by atoms with E-state index in [0.717, 1.165) is 5.56 Å². The lowest BCUT2D eigenvalue weighted by Crippen LogP contribution is -2.18. The van der Waals surface area contributed by atoms with Gasteiger partial charge in [0.05, 0.1) is 0 Å². The van der Waals surface area contributed by atoms with Crippen molar-refractivity contribution >= 4 is 18.1 Å². The molecule has 2 rings (SSSR count). The van der Waals surface area contributed by atoms with Crippen LogP contribution in [0.5, 0.6) is 0 Å². The Morgan fingerprint density at radius 3 is 2.56 bits per heavy atom. The Labute approximate surface area is 94.5 Å². The molecule has 0 heterocycles. The molecule has 2 aromatic rings. The summed E-state index contributed by atoms with van der Waals surface area (Å²) in [5, 5.41) is 19.5. The minimum Gasteiger partial charge on any atom is -0.402 e. The average Bonchev–Trinajstić information content (AvgIpc) is 2.29. The van der Waals surface area contributed by atoms with Crippen molar-refractivity contribution in [2.45, 2.75) is 6.42 Å². The van der Waals surface area contributed by atoms with Crippen molar-refractivity contribution in [1.82, 2.24) is 0 Å². The molecule has 3 nitrogen and oxygen atoms in total. The third kappa shape index (κ3) is 2.61. The maximum Gasteiger partial charge on any atom is 0.633 e. The third-order valence-corrected chi connectivity index (χ3v) is 2.52. The molecule has 0 bridgehead atoms. The summed E-state index contributed by atoms with van der Waals surface area (Å²) in [6.07, 6.45) is 0.666. The van der Waals surface area contributed by atoms with Crippen LogP contribution < -0.4 is 0 Å². The van der Waals surface area contributed by atoms with E-state index in [2.05, 4.69) is 18.2 Å². The van der Waals surface area contributed by atoms with Crippen LogP contribution in [0.1, 0.15) is 5.56 Å². The maximum absolute atomic E-state index is 8.58. The van der Waals surface area contributed by atoms with E-state index < -0.39 is 7.32 Å². The van der Waals surface area contributed by atoms with Gasteiger partial charge in [-0.1, -0.05) is 42.5 Å². The second-order valence-corrected chi connectivity index (χ2v) is 3.59. The Hall–Kier alpha value is -1.36. The molecule has 0 fully saturated rings. The lowest BCUT2D eigenvalue weighted by atomic mass is 10.0. The smallest absolute Gasteiger partial charge is 0.402 e. The Morgan fingerprint density at radius 1 is 1.00 bits per heavy atom. The minimum atomic E-state index is -1.69. The summed E-state index contributed by atoms with van der Waals surface area (Å²) >= 11 is 0. The Balaban J connectivity index is 2.17. The van der Waals surface area contributed by atoms with Crippen molar-refractivity contribution in [2.24, 2.45) is 0 Å². The van der Waals surface area contributed by atoms with Gasteiger partial charge in [0.15, 0.2) is 0 Å². The topological polar surface area (TPSA) is 49.7 Å². The number of hydrogen-bond acceptors (Lipinski definition) is 3. The molecule has 2 N–H and O–H groups in total. The van der Waals surface area contributed by atoms with Gasteiger partial charge in [-0.25, -0.2) is 0 Å². The quantitative estimate of drug-likeness (QED) is 0.758. The van der Waals surface area contributed by atoms with Crippen LogP contribution in [-0.4, -0.2) is 24.0 Å². The summed E-state index contributed by atoms with van der Waals surface area (Å²) in [4.78, 5) is 0. The fourth-order valence-electron chi connectivity index (χ4n) is 1.78. The average molecular weight is 216 g/mol. The molecule has 4 heteroatoms. The molecule has 16 heavy (non-hydrogen) atoms. The standard InChI is InChI=1S/C12H13BO3/c14-13(15)16-9-8-11-6-3-5-10-4-1-2-7-12(10)11/h1-7,14-15H,8-9H2. The summed E-state index contributed by atoms with van der Waals surface area (Å²) in [5.74, 6) is 0. The first kappa shape index (κ1) is 11.1. The summed E-state index contributed by atoms with van der Waals surface area (Å²) in [6, 6.07) is 14.2. The van der Waals surface area contributed by atoms with Gasteiger partial charge in [-0.05, 0) is 22.8 Å². The Morgan fingerprint density at radius 2 is 1.75 bits per heavy atom. The van der Waals surface area contributed by atoms with Crippen molar-refractivity contribution < 1.29 is 14.7 Å². The molecule has 0 saturated heterocycles. The first-order valence-corrected chi connectivity index (χ1v) is 5.22. The zero-order valence-corrected chi connectivity index (χ0v) is 8.84. The molecule has 0 aliphatic carbocycles. The van der Waals surface area contributed by atoms with Crippen molar-refractivity contribution in [2.75, 3.05) is 6.61 Å². The van der Waals surface area contributed by atoms with Gasteiger partial charge in [0.25, 0.3) is 0 Å². The molecular weight excluding hydrogens is 203 g/mol. The lowest BCUT2D eigenvalue weighted by Gasteiger charge is -2.06. The van der Waals surface area contributed by atoms with Crippen molar-refractivity contribution in [3.05, 3.63) is 48.0 Å². The molecule has 82 valence electrons. The van der Waals surface area contributed by atoms with Crippen LogP contribution in [0.4, 0.5) is 0 Å². The van der Waals surface area contributed by atoms with Gasteiger partial charge in [0, 0.05) is 6.61 Å². The highest BCUT2D eigenvalue weighted by Crippen LogP contribution is 2.18. The molecule has 0 atom stereocenters. The highest BCUT2D eigenvalue weighted by molar-refractivity contribution is 6.32. The second-order valence-electron chi connectivity index (χ2n) is 3.59. The summed E-state index contributed by atoms with van der Waals surface area (Å²) in [6.45, 7) is 0.297. The largest absolute Gasteiger partial charge is 0.633 e. The van der Waals surface area contributed by atoms with E-state index in [1.165, 1.54) is 10.8 Å². The van der Waals surface area contributed by atoms with Crippen LogP contribution in [0, 0.1) is 0 Å². The van der Waals surface area contributed by atoms with Gasteiger partial charge in [0.2, 0.25) is 0 Å². The van der Waals surface area contributed by atoms with E-state index in [-0.39, 0.29) is 0 Å². The molecule has 0 unspecified atom stereocenters. The monoisotopic (exact) mass is 216 g/mol. The number of hydrogen-bond donors (Lipinski definition) is 2. The lowest BCUT2D eigenvalue weighted by molar-refractivity contribution is 0.188. The van der Waals surface area contributed by atoms with E-state index in [1.54, 1.807) is 0 Å². The van der Waals surface area contributed by atoms with Gasteiger partial charge < -0.3 is 14.7 Å². The van der Waals surface area contributed by atoms with Gasteiger partial charge in [-0.15, -0.1) is 0 Å². The van der Waals surface area contributed by atoms with E-state index in [4.69, 9.17) is 14.7 Å². The molecule has 2 aromatic carbocycles. The first-order chi connectivity index (χ1) is 7.77. The van der Waals surface area contributed by atoms with E-state index in [9.17, 15) is 0 Å². The normalized spacial score (nSPS) is 10.6. The molecule has 0 aromatic heterocycles. The molecular formula is C12H13BO3. The number of benzene rings is 2. The van der Waals surface area contributed by atoms with Crippen LogP contribution in [0.2, 0.25) is 0 Å². The van der Waals surface area contributed by atoms with Crippen LogP contribution >= 0.6 is 0 Å². The van der Waals surface area contributed by atoms with Gasteiger partial charge in [-0.2, -0.15) is 0 Å². The van der Waals surface area contributed by atoms with Crippen molar-refractivity contribution in [3.63, 3.8) is 0 Å². The maximum atomic E-state index is 8.58. The zero-order chi connectivity index (χ0) is 11.4. The van der Waals surface area contributed by atoms with E-state index >= 15 is 0 Å². The Kier molecular flexibility index (Phi) is 3.56. The molecule has 0 spiro atoms. The molecule has 0 radical (unpaired) electrons. The van der Waals surface area contributed by atoms with Crippen LogP contribution in [0.3, 0.4) is 0 Å². The van der Waals surface area contributed by atoms with Gasteiger partial charge >= 0.3 is 7.32 Å². The van der Waals surface area contributed by atoms with Crippen molar-refractivity contribution in [1.29, 1.82) is 0 Å². The Bertz CT molecular complexity index is 465. The molecule has 0 saturated carbocycles. The van der Waals surface area contributed by atoms with Gasteiger partial charge in [-0.3, -0.25) is 0 Å². The molecule has 0 aliphatic heterocycles. The SMILES string of the molecule is OB(O)OCCc1cccc2ccccc12. The summed E-state index contributed by atoms with van der Waals surface area (Å²) in [5.41, 5.74) is 1.15. The number of rotatable bonds is 4.